The van der Waals surface area contributed by atoms with Crippen LogP contribution < -0.4 is 16.8 Å². The van der Waals surface area contributed by atoms with Gasteiger partial charge in [0, 0.05) is 17.1 Å². The number of hydrogen-bond donors (Lipinski definition) is 3. The highest BCUT2D eigenvalue weighted by Crippen LogP contribution is 2.24. The molecule has 5 N–H and O–H groups in total. The molecule has 0 bridgehead atoms. The quantitative estimate of drug-likeness (QED) is 0.756. The number of carbonyl (C=O) groups excluding carboxylic acids is 1. The number of hydrogen-bond acceptors (Lipinski definition) is 3. The van der Waals surface area contributed by atoms with Crippen LogP contribution in [-0.2, 0) is 0 Å². The van der Waals surface area contributed by atoms with Crippen LogP contribution in [0.3, 0.4) is 0 Å². The van der Waals surface area contributed by atoms with Crippen LogP contribution in [0, 0.1) is 5.82 Å². The molecule has 0 spiro atoms. The molecule has 98 valence electrons. The van der Waals surface area contributed by atoms with Crippen molar-refractivity contribution in [2.75, 3.05) is 11.1 Å². The van der Waals surface area contributed by atoms with Crippen molar-refractivity contribution in [2.45, 2.75) is 0 Å². The fraction of sp³-hybridized carbons (Fsp3) is 0. The van der Waals surface area contributed by atoms with Crippen LogP contribution in [0.1, 0.15) is 10.4 Å². The van der Waals surface area contributed by atoms with E-state index in [1.54, 1.807) is 18.2 Å². The molecule has 2 rings (SSSR count). The molecule has 19 heavy (non-hydrogen) atoms. The van der Waals surface area contributed by atoms with Gasteiger partial charge in [0.25, 0.3) is 5.91 Å². The fourth-order valence-corrected chi connectivity index (χ4v) is 1.71. The second-order valence-corrected chi connectivity index (χ2v) is 4.33. The van der Waals surface area contributed by atoms with Gasteiger partial charge in [-0.2, -0.15) is 0 Å². The SMILES string of the molecule is NC(=O)c1cc(Nc2ccc(Cl)c(F)c2)ccc1N. The highest BCUT2D eigenvalue weighted by Gasteiger charge is 2.07. The molecule has 0 aliphatic rings. The molecule has 2 aromatic carbocycles. The summed E-state index contributed by atoms with van der Waals surface area (Å²) in [5.74, 6) is -1.15. The summed E-state index contributed by atoms with van der Waals surface area (Å²) >= 11 is 5.59. The average Bonchev–Trinajstić information content (AvgIpc) is 2.36. The number of rotatable bonds is 3. The molecule has 0 radical (unpaired) electrons. The van der Waals surface area contributed by atoms with E-state index in [9.17, 15) is 9.18 Å². The van der Waals surface area contributed by atoms with E-state index in [1.807, 2.05) is 0 Å². The van der Waals surface area contributed by atoms with Gasteiger partial charge in [-0.1, -0.05) is 11.6 Å². The van der Waals surface area contributed by atoms with Crippen LogP contribution in [0.4, 0.5) is 21.5 Å². The molecular formula is C13H11ClFN3O. The lowest BCUT2D eigenvalue weighted by atomic mass is 10.1. The summed E-state index contributed by atoms with van der Waals surface area (Å²) < 4.78 is 13.3. The Morgan fingerprint density at radius 1 is 1.16 bits per heavy atom. The number of benzene rings is 2. The second-order valence-electron chi connectivity index (χ2n) is 3.92. The molecule has 0 saturated carbocycles. The molecule has 0 fully saturated rings. The van der Waals surface area contributed by atoms with Crippen LogP contribution in [0.15, 0.2) is 36.4 Å². The first kappa shape index (κ1) is 13.2. The van der Waals surface area contributed by atoms with Gasteiger partial charge in [0.1, 0.15) is 5.82 Å². The Balaban J connectivity index is 2.30. The first-order chi connectivity index (χ1) is 8.97. The van der Waals surface area contributed by atoms with Gasteiger partial charge in [-0.15, -0.1) is 0 Å². The maximum Gasteiger partial charge on any atom is 0.250 e. The second kappa shape index (κ2) is 5.16. The largest absolute Gasteiger partial charge is 0.398 e. The monoisotopic (exact) mass is 279 g/mol. The Bertz CT molecular complexity index is 646. The highest BCUT2D eigenvalue weighted by molar-refractivity contribution is 6.30. The Kier molecular flexibility index (Phi) is 3.57. The van der Waals surface area contributed by atoms with Gasteiger partial charge in [-0.05, 0) is 36.4 Å². The standard InChI is InChI=1S/C13H11ClFN3O/c14-10-3-1-8(6-11(10)15)18-7-2-4-12(16)9(5-7)13(17)19/h1-6,18H,16H2,(H2,17,19). The van der Waals surface area contributed by atoms with E-state index < -0.39 is 11.7 Å². The number of carbonyl (C=O) groups is 1. The predicted molar refractivity (Wildman–Crippen MR) is 74.1 cm³/mol. The van der Waals surface area contributed by atoms with E-state index >= 15 is 0 Å². The summed E-state index contributed by atoms with van der Waals surface area (Å²) in [6.45, 7) is 0. The molecule has 1 amide bonds. The normalized spacial score (nSPS) is 10.2. The van der Waals surface area contributed by atoms with Gasteiger partial charge < -0.3 is 16.8 Å². The van der Waals surface area contributed by atoms with E-state index in [0.29, 0.717) is 17.1 Å². The zero-order valence-corrected chi connectivity index (χ0v) is 10.5. The van der Waals surface area contributed by atoms with Crippen LogP contribution in [0.2, 0.25) is 5.02 Å². The van der Waals surface area contributed by atoms with Crippen molar-refractivity contribution in [2.24, 2.45) is 5.73 Å². The summed E-state index contributed by atoms with van der Waals surface area (Å²) in [4.78, 5) is 11.2. The summed E-state index contributed by atoms with van der Waals surface area (Å²) in [7, 11) is 0. The van der Waals surface area contributed by atoms with Gasteiger partial charge in [-0.3, -0.25) is 4.79 Å². The Labute approximate surface area is 114 Å². The zero-order chi connectivity index (χ0) is 14.0. The third kappa shape index (κ3) is 2.95. The fourth-order valence-electron chi connectivity index (χ4n) is 1.59. The lowest BCUT2D eigenvalue weighted by Gasteiger charge is -2.09. The minimum Gasteiger partial charge on any atom is -0.398 e. The highest BCUT2D eigenvalue weighted by atomic mass is 35.5. The molecular weight excluding hydrogens is 269 g/mol. The molecule has 0 atom stereocenters. The van der Waals surface area contributed by atoms with Crippen molar-refractivity contribution in [1.82, 2.24) is 0 Å². The number of halogens is 2. The summed E-state index contributed by atoms with van der Waals surface area (Å²) in [6, 6.07) is 9.02. The van der Waals surface area contributed by atoms with Gasteiger partial charge >= 0.3 is 0 Å². The maximum absolute atomic E-state index is 13.3. The van der Waals surface area contributed by atoms with Crippen molar-refractivity contribution >= 4 is 34.6 Å². The van der Waals surface area contributed by atoms with E-state index in [2.05, 4.69) is 5.32 Å². The van der Waals surface area contributed by atoms with Crippen LogP contribution in [-0.4, -0.2) is 5.91 Å². The number of nitrogens with one attached hydrogen (secondary N) is 1. The number of nitrogen functional groups attached to an aromatic ring is 1. The maximum atomic E-state index is 13.3. The molecule has 2 aromatic rings. The van der Waals surface area contributed by atoms with Crippen LogP contribution in [0.5, 0.6) is 0 Å². The number of primary amides is 1. The van der Waals surface area contributed by atoms with Crippen molar-refractivity contribution in [3.63, 3.8) is 0 Å². The van der Waals surface area contributed by atoms with Crippen molar-refractivity contribution < 1.29 is 9.18 Å². The summed E-state index contributed by atoms with van der Waals surface area (Å²) in [5.41, 5.74) is 12.4. The minimum atomic E-state index is -0.622. The van der Waals surface area contributed by atoms with Crippen molar-refractivity contribution in [3.05, 3.63) is 52.8 Å². The summed E-state index contributed by atoms with van der Waals surface area (Å²) in [6.07, 6.45) is 0. The van der Waals surface area contributed by atoms with E-state index in [0.717, 1.165) is 0 Å². The molecule has 4 nitrogen and oxygen atoms in total. The Hall–Kier alpha value is -2.27. The number of nitrogens with two attached hydrogens (primary N) is 2. The topological polar surface area (TPSA) is 81.1 Å². The van der Waals surface area contributed by atoms with Crippen molar-refractivity contribution in [1.29, 1.82) is 0 Å². The molecule has 0 saturated heterocycles. The molecule has 0 unspecified atom stereocenters. The predicted octanol–water partition coefficient (Wildman–Crippen LogP) is 2.90. The number of anilines is 3. The molecule has 0 aliphatic carbocycles. The first-order valence-electron chi connectivity index (χ1n) is 5.39. The van der Waals surface area contributed by atoms with Crippen LogP contribution >= 0.6 is 11.6 Å². The van der Waals surface area contributed by atoms with E-state index in [4.69, 9.17) is 23.1 Å². The van der Waals surface area contributed by atoms with E-state index in [1.165, 1.54) is 18.2 Å². The number of amides is 1. The Morgan fingerprint density at radius 2 is 1.79 bits per heavy atom. The van der Waals surface area contributed by atoms with Crippen LogP contribution in [0.25, 0.3) is 0 Å². The lowest BCUT2D eigenvalue weighted by molar-refractivity contribution is 0.100. The minimum absolute atomic E-state index is 0.0423. The summed E-state index contributed by atoms with van der Waals surface area (Å²) in [5, 5.41) is 2.97. The lowest BCUT2D eigenvalue weighted by Crippen LogP contribution is -2.13. The molecule has 0 aliphatic heterocycles. The van der Waals surface area contributed by atoms with Gasteiger partial charge in [0.15, 0.2) is 0 Å². The average molecular weight is 280 g/mol. The molecule has 0 heterocycles. The third-order valence-corrected chi connectivity index (χ3v) is 2.83. The van der Waals surface area contributed by atoms with E-state index in [-0.39, 0.29) is 10.6 Å². The van der Waals surface area contributed by atoms with Crippen molar-refractivity contribution in [3.8, 4) is 0 Å². The first-order valence-corrected chi connectivity index (χ1v) is 5.76. The van der Waals surface area contributed by atoms with Gasteiger partial charge in [-0.25, -0.2) is 4.39 Å². The smallest absolute Gasteiger partial charge is 0.250 e. The molecule has 6 heteroatoms. The van der Waals surface area contributed by atoms with Gasteiger partial charge in [0.2, 0.25) is 0 Å². The third-order valence-electron chi connectivity index (χ3n) is 2.53. The molecule has 0 aromatic heterocycles. The zero-order valence-electron chi connectivity index (χ0n) is 9.78. The van der Waals surface area contributed by atoms with Gasteiger partial charge in [0.05, 0.1) is 10.6 Å². The Morgan fingerprint density at radius 3 is 2.42 bits per heavy atom.